The lowest BCUT2D eigenvalue weighted by molar-refractivity contribution is -0.143. The predicted octanol–water partition coefficient (Wildman–Crippen LogP) is 2.24. The van der Waals surface area contributed by atoms with Crippen LogP contribution in [-0.2, 0) is 4.79 Å². The van der Waals surface area contributed by atoms with Gasteiger partial charge >= 0.3 is 5.97 Å². The Morgan fingerprint density at radius 2 is 2.14 bits per heavy atom. The summed E-state index contributed by atoms with van der Waals surface area (Å²) in [4.78, 5) is 27.7. The Labute approximate surface area is 127 Å². The molecule has 0 aromatic carbocycles. The van der Waals surface area contributed by atoms with Gasteiger partial charge in [-0.25, -0.2) is 4.98 Å². The van der Waals surface area contributed by atoms with Crippen LogP contribution in [0.15, 0.2) is 34.9 Å². The van der Waals surface area contributed by atoms with Crippen molar-refractivity contribution >= 4 is 11.9 Å². The maximum Gasteiger partial charge on any atom is 0.311 e. The molecule has 1 aliphatic carbocycles. The first-order chi connectivity index (χ1) is 10.5. The molecule has 2 heterocycles. The van der Waals surface area contributed by atoms with E-state index in [1.807, 2.05) is 0 Å². The zero-order valence-corrected chi connectivity index (χ0v) is 12.1. The van der Waals surface area contributed by atoms with E-state index >= 15 is 0 Å². The van der Waals surface area contributed by atoms with Crippen molar-refractivity contribution in [2.75, 3.05) is 6.54 Å². The van der Waals surface area contributed by atoms with E-state index in [2.05, 4.69) is 10.3 Å². The van der Waals surface area contributed by atoms with Crippen molar-refractivity contribution in [3.8, 4) is 11.5 Å². The Hall–Kier alpha value is -2.63. The van der Waals surface area contributed by atoms with Gasteiger partial charge in [0, 0.05) is 6.54 Å². The second-order valence-corrected chi connectivity index (χ2v) is 5.57. The standard InChI is InChI=1S/C16H16N2O4/c1-10-11(4-5-12(18-10)13-3-2-8-22-13)14(19)17-9-16(6-7-16)15(20)21/h2-5,8H,6-7,9H2,1H3,(H,17,19)(H,20,21). The summed E-state index contributed by atoms with van der Waals surface area (Å²) in [6.07, 6.45) is 2.78. The van der Waals surface area contributed by atoms with E-state index in [-0.39, 0.29) is 12.5 Å². The summed E-state index contributed by atoms with van der Waals surface area (Å²) >= 11 is 0. The van der Waals surface area contributed by atoms with E-state index in [0.717, 1.165) is 0 Å². The van der Waals surface area contributed by atoms with Gasteiger partial charge in [0.15, 0.2) is 5.76 Å². The fourth-order valence-corrected chi connectivity index (χ4v) is 2.32. The maximum absolute atomic E-state index is 12.2. The third-order valence-electron chi connectivity index (χ3n) is 4.00. The Balaban J connectivity index is 1.72. The number of amides is 1. The van der Waals surface area contributed by atoms with Crippen molar-refractivity contribution in [2.45, 2.75) is 19.8 Å². The molecule has 2 N–H and O–H groups in total. The van der Waals surface area contributed by atoms with Gasteiger partial charge in [0.25, 0.3) is 5.91 Å². The number of hydrogen-bond acceptors (Lipinski definition) is 4. The molecule has 6 heteroatoms. The van der Waals surface area contributed by atoms with Crippen molar-refractivity contribution in [2.24, 2.45) is 5.41 Å². The number of aliphatic carboxylic acids is 1. The van der Waals surface area contributed by atoms with Gasteiger partial charge in [-0.1, -0.05) is 0 Å². The van der Waals surface area contributed by atoms with Crippen molar-refractivity contribution in [1.29, 1.82) is 0 Å². The first-order valence-electron chi connectivity index (χ1n) is 7.05. The van der Waals surface area contributed by atoms with Crippen LogP contribution < -0.4 is 5.32 Å². The quantitative estimate of drug-likeness (QED) is 0.883. The van der Waals surface area contributed by atoms with Gasteiger partial charge in [0.1, 0.15) is 5.69 Å². The highest BCUT2D eigenvalue weighted by Crippen LogP contribution is 2.45. The SMILES string of the molecule is Cc1nc(-c2ccco2)ccc1C(=O)NCC1(C(=O)O)CC1. The zero-order chi connectivity index (χ0) is 15.7. The zero-order valence-electron chi connectivity index (χ0n) is 12.1. The average Bonchev–Trinajstić information content (AvgIpc) is 3.09. The van der Waals surface area contributed by atoms with Crippen LogP contribution in [0.25, 0.3) is 11.5 Å². The molecular weight excluding hydrogens is 284 g/mol. The van der Waals surface area contributed by atoms with Crippen LogP contribution in [0.2, 0.25) is 0 Å². The number of rotatable bonds is 5. The molecule has 1 saturated carbocycles. The number of nitrogens with zero attached hydrogens (tertiary/aromatic N) is 1. The summed E-state index contributed by atoms with van der Waals surface area (Å²) in [6, 6.07) is 6.96. The van der Waals surface area contributed by atoms with Gasteiger partial charge in [0.05, 0.1) is 22.9 Å². The lowest BCUT2D eigenvalue weighted by Gasteiger charge is -2.12. The predicted molar refractivity (Wildman–Crippen MR) is 78.3 cm³/mol. The van der Waals surface area contributed by atoms with Gasteiger partial charge in [-0.05, 0) is 44.0 Å². The smallest absolute Gasteiger partial charge is 0.311 e. The van der Waals surface area contributed by atoms with E-state index < -0.39 is 11.4 Å². The molecule has 2 aromatic rings. The first kappa shape index (κ1) is 14.3. The van der Waals surface area contributed by atoms with E-state index in [1.54, 1.807) is 37.5 Å². The minimum atomic E-state index is -0.851. The number of pyridine rings is 1. The Bertz CT molecular complexity index is 718. The van der Waals surface area contributed by atoms with E-state index in [4.69, 9.17) is 9.52 Å². The fraction of sp³-hybridized carbons (Fsp3) is 0.312. The molecule has 0 radical (unpaired) electrons. The Morgan fingerprint density at radius 3 is 2.68 bits per heavy atom. The van der Waals surface area contributed by atoms with Crippen LogP contribution in [0, 0.1) is 12.3 Å². The molecule has 6 nitrogen and oxygen atoms in total. The summed E-state index contributed by atoms with van der Waals surface area (Å²) < 4.78 is 5.27. The summed E-state index contributed by atoms with van der Waals surface area (Å²) in [6.45, 7) is 1.89. The van der Waals surface area contributed by atoms with Crippen LogP contribution in [-0.4, -0.2) is 28.5 Å². The van der Waals surface area contributed by atoms with Crippen molar-refractivity contribution < 1.29 is 19.1 Å². The summed E-state index contributed by atoms with van der Waals surface area (Å²) in [5.74, 6) is -0.516. The molecule has 0 bridgehead atoms. The second-order valence-electron chi connectivity index (χ2n) is 5.57. The fourth-order valence-electron chi connectivity index (χ4n) is 2.32. The number of carbonyl (C=O) groups is 2. The van der Waals surface area contributed by atoms with Crippen molar-refractivity contribution in [1.82, 2.24) is 10.3 Å². The number of carbonyl (C=O) groups excluding carboxylic acids is 1. The molecule has 1 amide bonds. The molecule has 3 rings (SSSR count). The highest BCUT2D eigenvalue weighted by molar-refractivity contribution is 5.96. The van der Waals surface area contributed by atoms with Crippen LogP contribution in [0.1, 0.15) is 28.9 Å². The molecule has 0 aliphatic heterocycles. The molecule has 0 spiro atoms. The molecule has 0 atom stereocenters. The van der Waals surface area contributed by atoms with Crippen LogP contribution >= 0.6 is 0 Å². The van der Waals surface area contributed by atoms with Gasteiger partial charge in [-0.3, -0.25) is 9.59 Å². The number of aryl methyl sites for hydroxylation is 1. The van der Waals surface area contributed by atoms with Gasteiger partial charge < -0.3 is 14.8 Å². The van der Waals surface area contributed by atoms with Gasteiger partial charge in [-0.15, -0.1) is 0 Å². The van der Waals surface area contributed by atoms with E-state index in [9.17, 15) is 9.59 Å². The highest BCUT2D eigenvalue weighted by atomic mass is 16.4. The molecule has 2 aromatic heterocycles. The maximum atomic E-state index is 12.2. The molecule has 22 heavy (non-hydrogen) atoms. The number of nitrogens with one attached hydrogen (secondary N) is 1. The van der Waals surface area contributed by atoms with E-state index in [0.29, 0.717) is 35.6 Å². The largest absolute Gasteiger partial charge is 0.481 e. The molecule has 114 valence electrons. The number of aromatic nitrogens is 1. The third-order valence-corrected chi connectivity index (χ3v) is 4.00. The Kier molecular flexibility index (Phi) is 3.44. The molecule has 0 unspecified atom stereocenters. The normalized spacial score (nSPS) is 15.3. The number of hydrogen-bond donors (Lipinski definition) is 2. The van der Waals surface area contributed by atoms with Gasteiger partial charge in [-0.2, -0.15) is 0 Å². The molecule has 1 aliphatic rings. The Morgan fingerprint density at radius 1 is 1.36 bits per heavy atom. The second kappa shape index (κ2) is 5.29. The van der Waals surface area contributed by atoms with Crippen LogP contribution in [0.4, 0.5) is 0 Å². The topological polar surface area (TPSA) is 92.4 Å². The summed E-state index contributed by atoms with van der Waals surface area (Å²) in [5.41, 5.74) is 0.900. The third kappa shape index (κ3) is 2.59. The molecular formula is C16H16N2O4. The minimum absolute atomic E-state index is 0.153. The van der Waals surface area contributed by atoms with E-state index in [1.165, 1.54) is 0 Å². The average molecular weight is 300 g/mol. The highest BCUT2D eigenvalue weighted by Gasteiger charge is 2.50. The number of carboxylic acid groups (broad SMARTS) is 1. The summed E-state index contributed by atoms with van der Waals surface area (Å²) in [5, 5.41) is 11.8. The molecule has 0 saturated heterocycles. The number of furan rings is 1. The number of carboxylic acids is 1. The van der Waals surface area contributed by atoms with Crippen molar-refractivity contribution in [3.63, 3.8) is 0 Å². The lowest BCUT2D eigenvalue weighted by Crippen LogP contribution is -2.34. The first-order valence-corrected chi connectivity index (χ1v) is 7.05. The van der Waals surface area contributed by atoms with Gasteiger partial charge in [0.2, 0.25) is 0 Å². The van der Waals surface area contributed by atoms with Crippen LogP contribution in [0.5, 0.6) is 0 Å². The van der Waals surface area contributed by atoms with Crippen LogP contribution in [0.3, 0.4) is 0 Å². The molecule has 1 fully saturated rings. The minimum Gasteiger partial charge on any atom is -0.481 e. The summed E-state index contributed by atoms with van der Waals surface area (Å²) in [7, 11) is 0. The lowest BCUT2D eigenvalue weighted by atomic mass is 10.1. The van der Waals surface area contributed by atoms with Crippen molar-refractivity contribution in [3.05, 3.63) is 41.8 Å². The monoisotopic (exact) mass is 300 g/mol.